The molecule has 7 aromatic rings. The monoisotopic (exact) mass is 1130 g/mol. The van der Waals surface area contributed by atoms with E-state index in [1.54, 1.807) is 11.1 Å². The highest BCUT2D eigenvalue weighted by atomic mass is 32.1. The van der Waals surface area contributed by atoms with Crippen molar-refractivity contribution in [1.82, 2.24) is 0 Å². The van der Waals surface area contributed by atoms with E-state index in [-0.39, 0.29) is 61.0 Å². The fraction of sp³-hybridized carbons (Fsp3) is 0.500. The van der Waals surface area contributed by atoms with Crippen LogP contribution in [0.15, 0.2) is 97.1 Å². The first-order valence-corrected chi connectivity index (χ1v) is 33.6. The van der Waals surface area contributed by atoms with Gasteiger partial charge < -0.3 is 9.80 Å². The Hall–Kier alpha value is -5.32. The Labute approximate surface area is 511 Å². The summed E-state index contributed by atoms with van der Waals surface area (Å²) in [5.41, 5.74) is 28.7. The zero-order valence-electron chi connectivity index (χ0n) is 55.3. The second-order valence-electron chi connectivity index (χ2n) is 34.5. The maximum Gasteiger partial charge on any atom is 0.260 e. The third-order valence-corrected chi connectivity index (χ3v) is 25.3. The fourth-order valence-electron chi connectivity index (χ4n) is 17.8. The molecule has 7 aliphatic rings. The lowest BCUT2D eigenvalue weighted by Crippen LogP contribution is -2.58. The Balaban J connectivity index is 1.18. The van der Waals surface area contributed by atoms with E-state index in [1.165, 1.54) is 173 Å². The van der Waals surface area contributed by atoms with Gasteiger partial charge in [0.05, 0.1) is 5.54 Å². The van der Waals surface area contributed by atoms with Crippen molar-refractivity contribution in [2.45, 2.75) is 257 Å². The Morgan fingerprint density at radius 3 is 1.60 bits per heavy atom. The van der Waals surface area contributed by atoms with E-state index >= 15 is 0 Å². The Morgan fingerprint density at radius 1 is 0.452 bits per heavy atom. The van der Waals surface area contributed by atoms with Crippen molar-refractivity contribution in [2.24, 2.45) is 0 Å². The number of thiophene rings is 1. The minimum atomic E-state index is -0.116. The first kappa shape index (κ1) is 56.5. The molecular formula is C80H97BN2S. The SMILES string of the molecule is CC(C)(C)c1cc(N2c3cc4c(cc3B3c5sc6cc7c(cc6c5C(c5ccc6c(c5)C(C)(C)CCC6(C)C)=Cc5cc(N6c8ccccc8C8(C)CCCCC68C)cc2c53)C(C)(C)CCC7(C)C)C(C)(C)CCC4(C)C)cc(C(C)(C)C)c1. The summed E-state index contributed by atoms with van der Waals surface area (Å²) in [5, 5.41) is 1.44. The largest absolute Gasteiger partial charge is 0.334 e. The van der Waals surface area contributed by atoms with E-state index in [0.29, 0.717) is 0 Å². The highest BCUT2D eigenvalue weighted by Gasteiger charge is 2.58. The predicted octanol–water partition coefficient (Wildman–Crippen LogP) is 20.5. The van der Waals surface area contributed by atoms with Crippen LogP contribution in [0, 0.1) is 0 Å². The van der Waals surface area contributed by atoms with E-state index < -0.39 is 0 Å². The van der Waals surface area contributed by atoms with Gasteiger partial charge in [-0.05, 0) is 244 Å². The van der Waals surface area contributed by atoms with Gasteiger partial charge in [-0.25, -0.2) is 0 Å². The molecule has 2 atom stereocenters. The molecule has 0 radical (unpaired) electrons. The molecule has 0 saturated heterocycles. The number of hydrogen-bond acceptors (Lipinski definition) is 3. The summed E-state index contributed by atoms with van der Waals surface area (Å²) in [5.74, 6) is 0. The topological polar surface area (TPSA) is 6.48 Å². The highest BCUT2D eigenvalue weighted by Crippen LogP contribution is 2.62. The molecule has 4 aliphatic carbocycles. The van der Waals surface area contributed by atoms with Crippen LogP contribution in [0.3, 0.4) is 0 Å². The third kappa shape index (κ3) is 8.04. The van der Waals surface area contributed by atoms with Crippen LogP contribution in [-0.4, -0.2) is 12.3 Å². The van der Waals surface area contributed by atoms with E-state index in [4.69, 9.17) is 0 Å². The molecular weight excluding hydrogens is 1030 g/mol. The van der Waals surface area contributed by atoms with E-state index in [1.807, 2.05) is 0 Å². The molecule has 1 aromatic heterocycles. The number of para-hydroxylation sites is 1. The van der Waals surface area contributed by atoms with Gasteiger partial charge in [-0.1, -0.05) is 193 Å². The van der Waals surface area contributed by atoms with Gasteiger partial charge in [-0.15, -0.1) is 11.3 Å². The average Bonchev–Trinajstić information content (AvgIpc) is 1.42. The molecule has 4 heterocycles. The molecule has 0 bridgehead atoms. The summed E-state index contributed by atoms with van der Waals surface area (Å²) < 4.78 is 2.94. The summed E-state index contributed by atoms with van der Waals surface area (Å²) >= 11 is 2.13. The minimum Gasteiger partial charge on any atom is -0.334 e. The molecule has 4 heteroatoms. The maximum absolute atomic E-state index is 2.87. The summed E-state index contributed by atoms with van der Waals surface area (Å²) in [7, 11) is 0. The van der Waals surface area contributed by atoms with Crippen molar-refractivity contribution in [3.8, 4) is 0 Å². The van der Waals surface area contributed by atoms with Crippen LogP contribution in [0.25, 0.3) is 21.7 Å². The van der Waals surface area contributed by atoms with Crippen molar-refractivity contribution in [3.05, 3.63) is 164 Å². The number of anilines is 5. The molecule has 436 valence electrons. The minimum absolute atomic E-state index is 0.00998. The van der Waals surface area contributed by atoms with E-state index in [2.05, 4.69) is 263 Å². The fourth-order valence-corrected chi connectivity index (χ4v) is 19.2. The second kappa shape index (κ2) is 17.7. The Morgan fingerprint density at radius 2 is 0.988 bits per heavy atom. The van der Waals surface area contributed by atoms with Crippen LogP contribution in [0.2, 0.25) is 0 Å². The second-order valence-corrected chi connectivity index (χ2v) is 35.6. The van der Waals surface area contributed by atoms with Gasteiger partial charge in [-0.3, -0.25) is 0 Å². The number of hydrogen-bond donors (Lipinski definition) is 0. The van der Waals surface area contributed by atoms with Crippen LogP contribution in [0.5, 0.6) is 0 Å². The standard InChI is InChI=1S/C80H97BN2S/c1-71(2,3)50-40-51(72(4,5)6)42-52(41-50)82-65-46-61-60(76(13,14)34-35-77(61,15)16)45-63(65)81-69-49(37-53(43-66(69)82)83-64-26-22-21-25-57(64)79(19)29-23-24-30-80(79,83)20)38-54(48-27-28-56-58(39-48)74(9,10)32-31-73(56,7)8)68-55-44-59-62(47-67(55)84-70(68)81)78(17,18)36-33-75(59,11)12/h21-22,25-28,37-47H,23-24,29-36H2,1-20H3. The van der Waals surface area contributed by atoms with Crippen molar-refractivity contribution >= 4 is 83.9 Å². The lowest BCUT2D eigenvalue weighted by molar-refractivity contribution is 0.195. The number of fused-ring (bicyclic) bond motifs is 12. The first-order valence-electron chi connectivity index (χ1n) is 32.8. The molecule has 0 amide bonds. The van der Waals surface area contributed by atoms with Gasteiger partial charge in [0.1, 0.15) is 0 Å². The predicted molar refractivity (Wildman–Crippen MR) is 367 cm³/mol. The quantitative estimate of drug-likeness (QED) is 0.163. The normalized spacial score (nSPS) is 24.4. The molecule has 3 aliphatic heterocycles. The number of nitrogens with zero attached hydrogens (tertiary/aromatic N) is 2. The van der Waals surface area contributed by atoms with Crippen LogP contribution in [0.4, 0.5) is 28.4 Å². The van der Waals surface area contributed by atoms with Gasteiger partial charge in [-0.2, -0.15) is 0 Å². The first-order chi connectivity index (χ1) is 39.1. The summed E-state index contributed by atoms with van der Waals surface area (Å²) in [6.07, 6.45) is 14.7. The third-order valence-electron chi connectivity index (χ3n) is 24.1. The maximum atomic E-state index is 2.87. The van der Waals surface area contributed by atoms with E-state index in [9.17, 15) is 0 Å². The smallest absolute Gasteiger partial charge is 0.260 e. The van der Waals surface area contributed by atoms with Gasteiger partial charge in [0.25, 0.3) is 6.71 Å². The molecule has 0 spiro atoms. The lowest BCUT2D eigenvalue weighted by Gasteiger charge is -2.50. The summed E-state index contributed by atoms with van der Waals surface area (Å²) in [6.45, 7) is 50.0. The Kier molecular flexibility index (Phi) is 11.9. The molecule has 0 N–H and O–H groups in total. The van der Waals surface area contributed by atoms with Gasteiger partial charge >= 0.3 is 0 Å². The lowest BCUT2D eigenvalue weighted by atomic mass is 9.36. The van der Waals surface area contributed by atoms with E-state index in [0.717, 1.165) is 6.42 Å². The van der Waals surface area contributed by atoms with Crippen molar-refractivity contribution < 1.29 is 0 Å². The average molecular weight is 1130 g/mol. The van der Waals surface area contributed by atoms with Crippen molar-refractivity contribution in [1.29, 1.82) is 0 Å². The van der Waals surface area contributed by atoms with Gasteiger partial charge in [0, 0.05) is 43.9 Å². The zero-order valence-corrected chi connectivity index (χ0v) is 56.1. The molecule has 1 fully saturated rings. The molecule has 6 aromatic carbocycles. The number of benzene rings is 6. The highest BCUT2D eigenvalue weighted by molar-refractivity contribution is 7.33. The molecule has 14 rings (SSSR count). The van der Waals surface area contributed by atoms with Crippen molar-refractivity contribution in [3.63, 3.8) is 0 Å². The molecule has 2 nitrogen and oxygen atoms in total. The van der Waals surface area contributed by atoms with Crippen LogP contribution in [-0.2, 0) is 48.7 Å². The molecule has 2 unspecified atom stereocenters. The van der Waals surface area contributed by atoms with Gasteiger partial charge in [0.2, 0.25) is 0 Å². The molecule has 1 saturated carbocycles. The number of rotatable bonds is 3. The Bertz CT molecular complexity index is 3970. The van der Waals surface area contributed by atoms with Crippen LogP contribution in [0.1, 0.15) is 269 Å². The van der Waals surface area contributed by atoms with Gasteiger partial charge in [0.15, 0.2) is 0 Å². The molecule has 84 heavy (non-hydrogen) atoms. The van der Waals surface area contributed by atoms with Crippen LogP contribution >= 0.6 is 11.3 Å². The summed E-state index contributed by atoms with van der Waals surface area (Å²) in [6, 6.07) is 41.4. The zero-order chi connectivity index (χ0) is 59.8. The van der Waals surface area contributed by atoms with Crippen molar-refractivity contribution in [2.75, 3.05) is 9.80 Å². The van der Waals surface area contributed by atoms with Crippen LogP contribution < -0.4 is 25.5 Å². The summed E-state index contributed by atoms with van der Waals surface area (Å²) in [4.78, 5) is 5.69.